The van der Waals surface area contributed by atoms with Crippen molar-refractivity contribution in [3.63, 3.8) is 0 Å². The second-order valence-corrected chi connectivity index (χ2v) is 4.05. The van der Waals surface area contributed by atoms with E-state index in [-0.39, 0.29) is 12.1 Å². The summed E-state index contributed by atoms with van der Waals surface area (Å²) >= 11 is 0. The van der Waals surface area contributed by atoms with Gasteiger partial charge in [0.05, 0.1) is 0 Å². The highest BCUT2D eigenvalue weighted by Gasteiger charge is 2.33. The third-order valence-corrected chi connectivity index (χ3v) is 1.95. The lowest BCUT2D eigenvalue weighted by Gasteiger charge is -2.33. The molecule has 1 aliphatic heterocycles. The average Bonchev–Trinajstić information content (AvgIpc) is 2.10. The van der Waals surface area contributed by atoms with Crippen LogP contribution in [0.3, 0.4) is 0 Å². The van der Waals surface area contributed by atoms with Gasteiger partial charge in [-0.25, -0.2) is 0 Å². The van der Waals surface area contributed by atoms with Crippen LogP contribution in [0.1, 0.15) is 36.3 Å². The van der Waals surface area contributed by atoms with Gasteiger partial charge in [-0.05, 0) is 18.2 Å². The van der Waals surface area contributed by atoms with Crippen LogP contribution in [0, 0.1) is 11.3 Å². The number of piperidine rings is 1. The zero-order chi connectivity index (χ0) is 12.0. The van der Waals surface area contributed by atoms with Gasteiger partial charge in [-0.15, -0.1) is 0 Å². The molecule has 0 saturated carbocycles. The third kappa shape index (κ3) is 1.87. The Kier molecular flexibility index (Phi) is 1.41. The lowest BCUT2D eigenvalue weighted by atomic mass is 9.76. The van der Waals surface area contributed by atoms with Crippen LogP contribution < -0.4 is 5.31 Å². The molecule has 1 amide bonds. The maximum atomic E-state index is 11.9. The second-order valence-electron chi connectivity index (χ2n) is 4.05. The van der Waals surface area contributed by atoms with E-state index in [1.54, 1.807) is 20.8 Å². The molecule has 2 atom stereocenters. The number of hydrogen-bond donors (Lipinski definition) is 1. The van der Waals surface area contributed by atoms with Crippen LogP contribution in [0.15, 0.2) is 12.3 Å². The van der Waals surface area contributed by atoms with Crippen LogP contribution in [0.5, 0.6) is 0 Å². The van der Waals surface area contributed by atoms with Gasteiger partial charge in [0.1, 0.15) is 0 Å². The zero-order valence-corrected chi connectivity index (χ0v) is 7.85. The average molecular weight is 170 g/mol. The molecule has 2 heteroatoms. The minimum Gasteiger partial charge on any atom is -0.330 e. The SMILES string of the molecule is [2H]C1CC([2H])(C(C)(C)C)C(=O)N([2H])C1=C. The number of carbonyl (C=O) groups is 1. The van der Waals surface area contributed by atoms with E-state index < -0.39 is 23.6 Å². The molecular formula is C10H17NO. The van der Waals surface area contributed by atoms with Crippen molar-refractivity contribution < 1.29 is 8.95 Å². The van der Waals surface area contributed by atoms with Gasteiger partial charge in [-0.2, -0.15) is 0 Å². The molecule has 1 rings (SSSR count). The molecule has 0 bridgehead atoms. The molecule has 12 heavy (non-hydrogen) atoms. The molecular weight excluding hydrogens is 150 g/mol. The molecule has 0 spiro atoms. The van der Waals surface area contributed by atoms with E-state index in [9.17, 15) is 4.79 Å². The van der Waals surface area contributed by atoms with Crippen LogP contribution in [-0.2, 0) is 4.79 Å². The standard InChI is InChI=1S/C10H17NO/c1-7-5-6-8(9(12)11-7)10(2,3)4/h8H,1,5-6H2,2-4H3,(H,11,12)/i5D,8D/hD. The number of amides is 1. The van der Waals surface area contributed by atoms with Crippen LogP contribution in [0.2, 0.25) is 1.41 Å². The molecule has 1 heterocycles. The second kappa shape index (κ2) is 2.92. The summed E-state index contributed by atoms with van der Waals surface area (Å²) in [5, 5.41) is 0.611. The summed E-state index contributed by atoms with van der Waals surface area (Å²) in [6.45, 7) is 8.87. The predicted molar refractivity (Wildman–Crippen MR) is 49.5 cm³/mol. The highest BCUT2D eigenvalue weighted by Crippen LogP contribution is 2.33. The fourth-order valence-electron chi connectivity index (χ4n) is 1.18. The van der Waals surface area contributed by atoms with E-state index in [0.29, 0.717) is 5.31 Å². The molecule has 0 aliphatic carbocycles. The lowest BCUT2D eigenvalue weighted by molar-refractivity contribution is -0.129. The summed E-state index contributed by atoms with van der Waals surface area (Å²) in [5.74, 6) is -1.98. The zero-order valence-electron chi connectivity index (χ0n) is 10.8. The van der Waals surface area contributed by atoms with E-state index in [4.69, 9.17) is 4.15 Å². The molecule has 1 saturated heterocycles. The van der Waals surface area contributed by atoms with Gasteiger partial charge in [0.2, 0.25) is 5.91 Å². The van der Waals surface area contributed by atoms with Crippen molar-refractivity contribution in [2.75, 3.05) is 0 Å². The Morgan fingerprint density at radius 2 is 2.42 bits per heavy atom. The molecule has 0 aromatic carbocycles. The highest BCUT2D eigenvalue weighted by molar-refractivity contribution is 5.82. The van der Waals surface area contributed by atoms with Gasteiger partial charge in [0, 0.05) is 14.3 Å². The first-order chi connectivity index (χ1) is 6.61. The summed E-state index contributed by atoms with van der Waals surface area (Å²) in [5.41, 5.74) is -0.421. The number of rotatable bonds is 0. The molecule has 0 aromatic heterocycles. The molecule has 68 valence electrons. The van der Waals surface area contributed by atoms with Crippen molar-refractivity contribution in [3.05, 3.63) is 12.3 Å². The smallest absolute Gasteiger partial charge is 0.227 e. The van der Waals surface area contributed by atoms with Crippen LogP contribution >= 0.6 is 0 Å². The van der Waals surface area contributed by atoms with Crippen LogP contribution in [-0.4, -0.2) is 5.91 Å². The Balaban J connectivity index is 3.13. The molecule has 1 N–H and O–H groups in total. The Hall–Kier alpha value is -0.790. The molecule has 1 aliphatic rings. The Morgan fingerprint density at radius 3 is 2.92 bits per heavy atom. The maximum Gasteiger partial charge on any atom is 0.227 e. The maximum absolute atomic E-state index is 11.9. The summed E-state index contributed by atoms with van der Waals surface area (Å²) in [4.78, 5) is 11.9. The van der Waals surface area contributed by atoms with Gasteiger partial charge < -0.3 is 5.31 Å². The first-order valence-corrected chi connectivity index (χ1v) is 4.06. The van der Waals surface area contributed by atoms with Gasteiger partial charge in [0.25, 0.3) is 0 Å². The molecule has 2 unspecified atom stereocenters. The van der Waals surface area contributed by atoms with Crippen molar-refractivity contribution in [1.29, 1.82) is 0 Å². The van der Waals surface area contributed by atoms with E-state index >= 15 is 0 Å². The third-order valence-electron chi connectivity index (χ3n) is 1.95. The van der Waals surface area contributed by atoms with Crippen molar-refractivity contribution in [2.24, 2.45) is 11.3 Å². The minimum atomic E-state index is -1.40. The molecule has 2 nitrogen and oxygen atoms in total. The molecule has 0 aromatic rings. The fourth-order valence-corrected chi connectivity index (χ4v) is 1.18. The van der Waals surface area contributed by atoms with Gasteiger partial charge in [0.15, 0.2) is 1.41 Å². The van der Waals surface area contributed by atoms with E-state index in [0.717, 1.165) is 0 Å². The Labute approximate surface area is 78.3 Å². The first kappa shape index (κ1) is 5.79. The predicted octanol–water partition coefficient (Wildman–Crippen LogP) is 2.07. The Bertz CT molecular complexity index is 310. The van der Waals surface area contributed by atoms with Crippen molar-refractivity contribution >= 4 is 5.91 Å². The fraction of sp³-hybridized carbons (Fsp3) is 0.700. The van der Waals surface area contributed by atoms with Crippen molar-refractivity contribution in [2.45, 2.75) is 33.6 Å². The number of carbonyl (C=O) groups excluding carboxylic acids is 1. The van der Waals surface area contributed by atoms with E-state index in [1.807, 2.05) is 0 Å². The molecule has 0 radical (unpaired) electrons. The number of allylic oxidation sites excluding steroid dienone is 1. The lowest BCUT2D eigenvalue weighted by Crippen LogP contribution is -2.41. The summed E-state index contributed by atoms with van der Waals surface area (Å²) in [6.07, 6.45) is -0.624. The summed E-state index contributed by atoms with van der Waals surface area (Å²) < 4.78 is 23.4. The van der Waals surface area contributed by atoms with Crippen molar-refractivity contribution in [1.82, 2.24) is 5.31 Å². The van der Waals surface area contributed by atoms with Gasteiger partial charge >= 0.3 is 0 Å². The highest BCUT2D eigenvalue weighted by atomic mass is 16.2. The van der Waals surface area contributed by atoms with Gasteiger partial charge in [-0.1, -0.05) is 27.4 Å². The van der Waals surface area contributed by atoms with E-state index in [1.165, 1.54) is 0 Å². The number of nitrogens with one attached hydrogen (secondary N) is 1. The van der Waals surface area contributed by atoms with Crippen LogP contribution in [0.4, 0.5) is 0 Å². The summed E-state index contributed by atoms with van der Waals surface area (Å²) in [7, 11) is 0. The summed E-state index contributed by atoms with van der Waals surface area (Å²) in [6, 6.07) is 0. The number of hydrogen-bond acceptors (Lipinski definition) is 1. The minimum absolute atomic E-state index is 0.115. The van der Waals surface area contributed by atoms with Gasteiger partial charge in [-0.3, -0.25) is 4.79 Å². The quantitative estimate of drug-likeness (QED) is 0.592. The molecule has 1 fully saturated rings. The monoisotopic (exact) mass is 170 g/mol. The normalized spacial score (nSPS) is 42.1. The van der Waals surface area contributed by atoms with Crippen molar-refractivity contribution in [3.8, 4) is 0 Å². The first-order valence-electron chi connectivity index (χ1n) is 5.58. The largest absolute Gasteiger partial charge is 0.330 e. The van der Waals surface area contributed by atoms with E-state index in [2.05, 4.69) is 6.58 Å². The topological polar surface area (TPSA) is 29.1 Å². The Morgan fingerprint density at radius 1 is 1.83 bits per heavy atom. The van der Waals surface area contributed by atoms with Crippen LogP contribution in [0.25, 0.3) is 0 Å².